The molecule has 4 rings (SSSR count). The van der Waals surface area contributed by atoms with E-state index in [4.69, 9.17) is 9.72 Å². The molecule has 0 bridgehead atoms. The van der Waals surface area contributed by atoms with Crippen LogP contribution in [-0.2, 0) is 11.3 Å². The summed E-state index contributed by atoms with van der Waals surface area (Å²) >= 11 is 0. The predicted octanol–water partition coefficient (Wildman–Crippen LogP) is 3.85. The van der Waals surface area contributed by atoms with Gasteiger partial charge in [-0.3, -0.25) is 4.79 Å². The monoisotopic (exact) mass is 360 g/mol. The van der Waals surface area contributed by atoms with Gasteiger partial charge in [0.05, 0.1) is 18.3 Å². The van der Waals surface area contributed by atoms with Crippen LogP contribution in [0.25, 0.3) is 21.9 Å². The minimum Gasteiger partial charge on any atom is -0.497 e. The third-order valence-electron chi connectivity index (χ3n) is 4.68. The number of pyridine rings is 1. The molecule has 2 heterocycles. The average Bonchev–Trinajstić information content (AvgIpc) is 2.98. The van der Waals surface area contributed by atoms with Gasteiger partial charge in [0, 0.05) is 16.5 Å². The van der Waals surface area contributed by atoms with Crippen molar-refractivity contribution >= 4 is 33.5 Å². The minimum atomic E-state index is -0.155. The van der Waals surface area contributed by atoms with E-state index in [0.717, 1.165) is 38.9 Å². The van der Waals surface area contributed by atoms with Crippen LogP contribution < -0.4 is 10.1 Å². The number of amides is 1. The summed E-state index contributed by atoms with van der Waals surface area (Å²) in [6, 6.07) is 15.2. The lowest BCUT2D eigenvalue weighted by molar-refractivity contribution is -0.116. The number of hydrogen-bond acceptors (Lipinski definition) is 4. The fourth-order valence-corrected chi connectivity index (χ4v) is 3.38. The lowest BCUT2D eigenvalue weighted by Gasteiger charge is -2.08. The molecule has 6 nitrogen and oxygen atoms in total. The number of aromatic nitrogens is 3. The van der Waals surface area contributed by atoms with Gasteiger partial charge in [-0.15, -0.1) is 0 Å². The third-order valence-corrected chi connectivity index (χ3v) is 4.68. The van der Waals surface area contributed by atoms with Gasteiger partial charge in [-0.2, -0.15) is 5.10 Å². The molecular formula is C21H20N4O2. The first-order chi connectivity index (χ1) is 13.1. The van der Waals surface area contributed by atoms with Gasteiger partial charge < -0.3 is 10.1 Å². The number of nitrogens with one attached hydrogen (secondary N) is 1. The smallest absolute Gasteiger partial charge is 0.246 e. The third kappa shape index (κ3) is 3.10. The van der Waals surface area contributed by atoms with E-state index in [1.165, 1.54) is 0 Å². The summed E-state index contributed by atoms with van der Waals surface area (Å²) in [5.41, 5.74) is 4.35. The van der Waals surface area contributed by atoms with E-state index in [-0.39, 0.29) is 12.5 Å². The van der Waals surface area contributed by atoms with Crippen molar-refractivity contribution in [3.05, 3.63) is 59.8 Å². The zero-order valence-corrected chi connectivity index (χ0v) is 15.5. The van der Waals surface area contributed by atoms with Crippen molar-refractivity contribution < 1.29 is 9.53 Å². The summed E-state index contributed by atoms with van der Waals surface area (Å²) in [6.45, 7) is 4.12. The molecule has 0 spiro atoms. The SMILES string of the molecule is COc1ccc(NC(=O)Cn2nc(C)c3c(C)c4ccccc4nc32)cc1. The van der Waals surface area contributed by atoms with Crippen molar-refractivity contribution in [2.45, 2.75) is 20.4 Å². The van der Waals surface area contributed by atoms with Gasteiger partial charge in [0.2, 0.25) is 5.91 Å². The summed E-state index contributed by atoms with van der Waals surface area (Å²) in [5, 5.41) is 9.55. The van der Waals surface area contributed by atoms with Crippen molar-refractivity contribution in [3.63, 3.8) is 0 Å². The Labute approximate surface area is 156 Å². The van der Waals surface area contributed by atoms with Gasteiger partial charge in [-0.25, -0.2) is 9.67 Å². The molecule has 0 aliphatic heterocycles. The molecule has 27 heavy (non-hydrogen) atoms. The van der Waals surface area contributed by atoms with E-state index in [1.807, 2.05) is 25.1 Å². The summed E-state index contributed by atoms with van der Waals surface area (Å²) in [6.07, 6.45) is 0. The minimum absolute atomic E-state index is 0.0984. The molecule has 0 aliphatic rings. The second-order valence-corrected chi connectivity index (χ2v) is 6.47. The molecule has 6 heteroatoms. The Morgan fingerprint density at radius 1 is 1.11 bits per heavy atom. The molecule has 0 saturated carbocycles. The number of nitrogens with zero attached hydrogens (tertiary/aromatic N) is 3. The summed E-state index contributed by atoms with van der Waals surface area (Å²) in [4.78, 5) is 17.3. The summed E-state index contributed by atoms with van der Waals surface area (Å²) in [7, 11) is 1.61. The van der Waals surface area contributed by atoms with Gasteiger partial charge in [-0.1, -0.05) is 18.2 Å². The molecule has 0 saturated heterocycles. The number of rotatable bonds is 4. The largest absolute Gasteiger partial charge is 0.497 e. The maximum absolute atomic E-state index is 12.5. The Balaban J connectivity index is 1.66. The van der Waals surface area contributed by atoms with Gasteiger partial charge in [-0.05, 0) is 49.7 Å². The molecule has 1 amide bonds. The molecule has 0 aliphatic carbocycles. The number of para-hydroxylation sites is 1. The predicted molar refractivity (Wildman–Crippen MR) is 106 cm³/mol. The highest BCUT2D eigenvalue weighted by atomic mass is 16.5. The number of carbonyl (C=O) groups excluding carboxylic acids is 1. The fourth-order valence-electron chi connectivity index (χ4n) is 3.38. The molecule has 0 fully saturated rings. The van der Waals surface area contributed by atoms with E-state index in [9.17, 15) is 4.79 Å². The van der Waals surface area contributed by atoms with E-state index in [1.54, 1.807) is 36.1 Å². The number of ether oxygens (including phenoxy) is 1. The molecule has 4 aromatic rings. The highest BCUT2D eigenvalue weighted by molar-refractivity contribution is 5.98. The van der Waals surface area contributed by atoms with Crippen molar-refractivity contribution in [2.75, 3.05) is 12.4 Å². The molecular weight excluding hydrogens is 340 g/mol. The normalized spacial score (nSPS) is 11.1. The quantitative estimate of drug-likeness (QED) is 0.600. The molecule has 0 unspecified atom stereocenters. The number of anilines is 1. The molecule has 0 atom stereocenters. The van der Waals surface area contributed by atoms with Gasteiger partial charge in [0.15, 0.2) is 5.65 Å². The van der Waals surface area contributed by atoms with Crippen LogP contribution >= 0.6 is 0 Å². The van der Waals surface area contributed by atoms with Crippen LogP contribution in [0.4, 0.5) is 5.69 Å². The summed E-state index contributed by atoms with van der Waals surface area (Å²) < 4.78 is 6.80. The molecule has 0 radical (unpaired) electrons. The first kappa shape index (κ1) is 17.0. The summed E-state index contributed by atoms with van der Waals surface area (Å²) in [5.74, 6) is 0.588. The Hall–Kier alpha value is -3.41. The second kappa shape index (κ2) is 6.72. The topological polar surface area (TPSA) is 69.0 Å². The maximum Gasteiger partial charge on any atom is 0.246 e. The van der Waals surface area contributed by atoms with Crippen molar-refractivity contribution in [2.24, 2.45) is 0 Å². The Morgan fingerprint density at radius 3 is 2.59 bits per heavy atom. The maximum atomic E-state index is 12.5. The standard InChI is InChI=1S/C21H20N4O2/c1-13-17-6-4-5-7-18(17)23-21-20(13)14(2)24-25(21)12-19(26)22-15-8-10-16(27-3)11-9-15/h4-11H,12H2,1-3H3,(H,22,26). The van der Waals surface area contributed by atoms with Gasteiger partial charge in [0.25, 0.3) is 0 Å². The van der Waals surface area contributed by atoms with E-state index >= 15 is 0 Å². The Kier molecular flexibility index (Phi) is 4.24. The fraction of sp³-hybridized carbons (Fsp3) is 0.190. The van der Waals surface area contributed by atoms with Crippen LogP contribution in [-0.4, -0.2) is 27.8 Å². The average molecular weight is 360 g/mol. The number of aryl methyl sites for hydroxylation is 2. The van der Waals surface area contributed by atoms with Gasteiger partial charge >= 0.3 is 0 Å². The van der Waals surface area contributed by atoms with Crippen LogP contribution in [0.15, 0.2) is 48.5 Å². The van der Waals surface area contributed by atoms with Crippen molar-refractivity contribution in [1.82, 2.24) is 14.8 Å². The van der Waals surface area contributed by atoms with E-state index < -0.39 is 0 Å². The molecule has 2 aromatic heterocycles. The van der Waals surface area contributed by atoms with Crippen LogP contribution in [0.3, 0.4) is 0 Å². The van der Waals surface area contributed by atoms with Crippen LogP contribution in [0, 0.1) is 13.8 Å². The van der Waals surface area contributed by atoms with Crippen LogP contribution in [0.2, 0.25) is 0 Å². The van der Waals surface area contributed by atoms with Crippen LogP contribution in [0.1, 0.15) is 11.3 Å². The zero-order valence-electron chi connectivity index (χ0n) is 15.5. The second-order valence-electron chi connectivity index (χ2n) is 6.47. The van der Waals surface area contributed by atoms with E-state index in [2.05, 4.69) is 23.4 Å². The lowest BCUT2D eigenvalue weighted by Crippen LogP contribution is -2.19. The number of methoxy groups -OCH3 is 1. The first-order valence-electron chi connectivity index (χ1n) is 8.73. The number of hydrogen-bond donors (Lipinski definition) is 1. The number of fused-ring (bicyclic) bond motifs is 2. The van der Waals surface area contributed by atoms with Crippen LogP contribution in [0.5, 0.6) is 5.75 Å². The molecule has 1 N–H and O–H groups in total. The highest BCUT2D eigenvalue weighted by Crippen LogP contribution is 2.27. The Morgan fingerprint density at radius 2 is 1.85 bits per heavy atom. The molecule has 136 valence electrons. The van der Waals surface area contributed by atoms with Crippen molar-refractivity contribution in [1.29, 1.82) is 0 Å². The van der Waals surface area contributed by atoms with E-state index in [0.29, 0.717) is 5.69 Å². The molecule has 2 aromatic carbocycles. The number of carbonyl (C=O) groups is 1. The first-order valence-corrected chi connectivity index (χ1v) is 8.73. The van der Waals surface area contributed by atoms with Crippen molar-refractivity contribution in [3.8, 4) is 5.75 Å². The highest BCUT2D eigenvalue weighted by Gasteiger charge is 2.16. The number of benzene rings is 2. The zero-order chi connectivity index (χ0) is 19.0. The lowest BCUT2D eigenvalue weighted by atomic mass is 10.1. The Bertz CT molecular complexity index is 1150. The van der Waals surface area contributed by atoms with Gasteiger partial charge in [0.1, 0.15) is 12.3 Å².